The van der Waals surface area contributed by atoms with Gasteiger partial charge in [0, 0.05) is 12.6 Å². The van der Waals surface area contributed by atoms with E-state index in [2.05, 4.69) is 6.92 Å². The quantitative estimate of drug-likeness (QED) is 0.839. The number of amides is 1. The van der Waals surface area contributed by atoms with Crippen LogP contribution in [0.4, 0.5) is 0 Å². The first-order valence-electron chi connectivity index (χ1n) is 7.69. The molecular weight excluding hydrogens is 282 g/mol. The second kappa shape index (κ2) is 7.38. The molecule has 122 valence electrons. The van der Waals surface area contributed by atoms with Crippen LogP contribution in [0, 0.1) is 0 Å². The number of piperidine rings is 1. The molecule has 0 aromatic heterocycles. The van der Waals surface area contributed by atoms with Crippen LogP contribution >= 0.6 is 0 Å². The average Bonchev–Trinajstić information content (AvgIpc) is 2.54. The number of benzene rings is 1. The predicted molar refractivity (Wildman–Crippen MR) is 84.8 cm³/mol. The van der Waals surface area contributed by atoms with E-state index in [1.807, 2.05) is 17.0 Å². The lowest BCUT2D eigenvalue weighted by molar-refractivity contribution is -0.133. The van der Waals surface area contributed by atoms with Crippen molar-refractivity contribution in [3.8, 4) is 17.2 Å². The van der Waals surface area contributed by atoms with Gasteiger partial charge in [-0.05, 0) is 43.9 Å². The van der Waals surface area contributed by atoms with E-state index in [-0.39, 0.29) is 5.91 Å². The van der Waals surface area contributed by atoms with Crippen LogP contribution in [0.25, 0.3) is 0 Å². The van der Waals surface area contributed by atoms with Crippen LogP contribution in [0.15, 0.2) is 12.1 Å². The van der Waals surface area contributed by atoms with E-state index < -0.39 is 0 Å². The van der Waals surface area contributed by atoms with E-state index in [4.69, 9.17) is 14.2 Å². The number of hydrogen-bond donors (Lipinski definition) is 0. The molecule has 0 aliphatic carbocycles. The van der Waals surface area contributed by atoms with Crippen LogP contribution in [0.5, 0.6) is 17.2 Å². The molecule has 1 heterocycles. The highest BCUT2D eigenvalue weighted by Crippen LogP contribution is 2.38. The molecular formula is C17H25NO4. The van der Waals surface area contributed by atoms with Gasteiger partial charge in [0.1, 0.15) is 0 Å². The van der Waals surface area contributed by atoms with E-state index in [1.54, 1.807) is 21.3 Å². The van der Waals surface area contributed by atoms with Crippen LogP contribution < -0.4 is 14.2 Å². The molecule has 1 fully saturated rings. The minimum absolute atomic E-state index is 0.154. The molecule has 2 rings (SSSR count). The molecule has 0 N–H and O–H groups in total. The maximum atomic E-state index is 12.5. The number of nitrogens with zero attached hydrogens (tertiary/aromatic N) is 1. The maximum Gasteiger partial charge on any atom is 0.227 e. The third kappa shape index (κ3) is 3.46. The highest BCUT2D eigenvalue weighted by molar-refractivity contribution is 5.79. The fourth-order valence-electron chi connectivity index (χ4n) is 2.98. The number of methoxy groups -OCH3 is 3. The number of hydrogen-bond acceptors (Lipinski definition) is 4. The molecule has 22 heavy (non-hydrogen) atoms. The monoisotopic (exact) mass is 307 g/mol. The highest BCUT2D eigenvalue weighted by atomic mass is 16.5. The van der Waals surface area contributed by atoms with E-state index in [0.29, 0.717) is 29.7 Å². The normalized spacial score (nSPS) is 18.0. The molecule has 0 spiro atoms. The summed E-state index contributed by atoms with van der Waals surface area (Å²) in [7, 11) is 4.73. The minimum Gasteiger partial charge on any atom is -0.493 e. The number of ether oxygens (including phenoxy) is 3. The number of likely N-dealkylation sites (tertiary alicyclic amines) is 1. The van der Waals surface area contributed by atoms with Crippen LogP contribution in [-0.2, 0) is 11.2 Å². The number of rotatable bonds is 5. The Bertz CT molecular complexity index is 504. The summed E-state index contributed by atoms with van der Waals surface area (Å²) in [5, 5.41) is 0. The summed E-state index contributed by atoms with van der Waals surface area (Å²) in [6.45, 7) is 2.97. The van der Waals surface area contributed by atoms with Gasteiger partial charge >= 0.3 is 0 Å². The number of carbonyl (C=O) groups is 1. The fraction of sp³-hybridized carbons (Fsp3) is 0.588. The molecule has 1 atom stereocenters. The van der Waals surface area contributed by atoms with Gasteiger partial charge in [-0.3, -0.25) is 4.79 Å². The molecule has 1 aromatic carbocycles. The molecule has 0 radical (unpaired) electrons. The molecule has 1 aromatic rings. The third-order valence-electron chi connectivity index (χ3n) is 4.20. The largest absolute Gasteiger partial charge is 0.493 e. The molecule has 5 nitrogen and oxygen atoms in total. The molecule has 1 amide bonds. The first-order chi connectivity index (χ1) is 10.6. The Morgan fingerprint density at radius 3 is 2.27 bits per heavy atom. The molecule has 5 heteroatoms. The first-order valence-corrected chi connectivity index (χ1v) is 7.69. The lowest BCUT2D eigenvalue weighted by atomic mass is 10.0. The number of carbonyl (C=O) groups excluding carboxylic acids is 1. The summed E-state index contributed by atoms with van der Waals surface area (Å²) >= 11 is 0. The molecule has 1 saturated heterocycles. The topological polar surface area (TPSA) is 48.0 Å². The van der Waals surface area contributed by atoms with Crippen molar-refractivity contribution in [2.75, 3.05) is 27.9 Å². The van der Waals surface area contributed by atoms with Crippen molar-refractivity contribution < 1.29 is 19.0 Å². The molecule has 0 bridgehead atoms. The van der Waals surface area contributed by atoms with Crippen LogP contribution in [0.2, 0.25) is 0 Å². The third-order valence-corrected chi connectivity index (χ3v) is 4.20. The van der Waals surface area contributed by atoms with Crippen LogP contribution in [0.1, 0.15) is 31.7 Å². The van der Waals surface area contributed by atoms with Crippen molar-refractivity contribution in [2.24, 2.45) is 0 Å². The van der Waals surface area contributed by atoms with Crippen LogP contribution in [0.3, 0.4) is 0 Å². The van der Waals surface area contributed by atoms with Gasteiger partial charge in [0.15, 0.2) is 11.5 Å². The van der Waals surface area contributed by atoms with Crippen LogP contribution in [-0.4, -0.2) is 44.7 Å². The summed E-state index contributed by atoms with van der Waals surface area (Å²) in [5.74, 6) is 1.86. The van der Waals surface area contributed by atoms with Crippen molar-refractivity contribution in [3.05, 3.63) is 17.7 Å². The van der Waals surface area contributed by atoms with Gasteiger partial charge in [-0.1, -0.05) is 0 Å². The lowest BCUT2D eigenvalue weighted by Gasteiger charge is -2.33. The van der Waals surface area contributed by atoms with E-state index in [9.17, 15) is 4.79 Å². The Balaban J connectivity index is 2.20. The summed E-state index contributed by atoms with van der Waals surface area (Å²) < 4.78 is 16.0. The smallest absolute Gasteiger partial charge is 0.227 e. The van der Waals surface area contributed by atoms with Crippen molar-refractivity contribution >= 4 is 5.91 Å². The Labute approximate surface area is 132 Å². The summed E-state index contributed by atoms with van der Waals surface area (Å²) in [4.78, 5) is 14.5. The fourth-order valence-corrected chi connectivity index (χ4v) is 2.98. The van der Waals surface area contributed by atoms with E-state index in [1.165, 1.54) is 6.42 Å². The highest BCUT2D eigenvalue weighted by Gasteiger charge is 2.24. The molecule has 0 saturated carbocycles. The molecule has 0 unspecified atom stereocenters. The predicted octanol–water partition coefficient (Wildman–Crippen LogP) is 2.66. The zero-order valence-electron chi connectivity index (χ0n) is 13.8. The Hall–Kier alpha value is -1.91. The lowest BCUT2D eigenvalue weighted by Crippen LogP contribution is -2.42. The van der Waals surface area contributed by atoms with Gasteiger partial charge < -0.3 is 19.1 Å². The average molecular weight is 307 g/mol. The van der Waals surface area contributed by atoms with E-state index in [0.717, 1.165) is 24.9 Å². The Morgan fingerprint density at radius 1 is 1.14 bits per heavy atom. The Kier molecular flexibility index (Phi) is 5.52. The summed E-state index contributed by atoms with van der Waals surface area (Å²) in [5.41, 5.74) is 0.872. The van der Waals surface area contributed by atoms with Crippen molar-refractivity contribution in [1.29, 1.82) is 0 Å². The van der Waals surface area contributed by atoms with Crippen molar-refractivity contribution in [2.45, 2.75) is 38.6 Å². The van der Waals surface area contributed by atoms with Gasteiger partial charge in [-0.25, -0.2) is 0 Å². The van der Waals surface area contributed by atoms with Gasteiger partial charge in [0.25, 0.3) is 0 Å². The first kappa shape index (κ1) is 16.5. The van der Waals surface area contributed by atoms with Crippen molar-refractivity contribution in [3.63, 3.8) is 0 Å². The van der Waals surface area contributed by atoms with Gasteiger partial charge in [-0.15, -0.1) is 0 Å². The second-order valence-electron chi connectivity index (χ2n) is 5.64. The summed E-state index contributed by atoms with van der Waals surface area (Å²) in [6, 6.07) is 4.00. The summed E-state index contributed by atoms with van der Waals surface area (Å²) in [6.07, 6.45) is 3.72. The zero-order valence-corrected chi connectivity index (χ0v) is 13.8. The Morgan fingerprint density at radius 2 is 1.77 bits per heavy atom. The molecule has 1 aliphatic rings. The zero-order chi connectivity index (χ0) is 16.1. The second-order valence-corrected chi connectivity index (χ2v) is 5.64. The maximum absolute atomic E-state index is 12.5. The van der Waals surface area contributed by atoms with Crippen molar-refractivity contribution in [1.82, 2.24) is 4.90 Å². The minimum atomic E-state index is 0.154. The standard InChI is InChI=1S/C17H25NO4/c1-12-7-5-6-8-18(12)16(19)11-13-9-14(20-2)17(22-4)15(10-13)21-3/h9-10,12H,5-8,11H2,1-4H3/t12-/m1/s1. The van der Waals surface area contributed by atoms with Gasteiger partial charge in [0.2, 0.25) is 11.7 Å². The van der Waals surface area contributed by atoms with Gasteiger partial charge in [-0.2, -0.15) is 0 Å². The SMILES string of the molecule is COc1cc(CC(=O)N2CCCC[C@H]2C)cc(OC)c1OC. The molecule has 1 aliphatic heterocycles. The van der Waals surface area contributed by atoms with Gasteiger partial charge in [0.05, 0.1) is 27.8 Å². The van der Waals surface area contributed by atoms with E-state index >= 15 is 0 Å².